The van der Waals surface area contributed by atoms with Gasteiger partial charge in [-0.3, -0.25) is 4.99 Å². The van der Waals surface area contributed by atoms with Gasteiger partial charge in [-0.2, -0.15) is 0 Å². The summed E-state index contributed by atoms with van der Waals surface area (Å²) in [5.41, 5.74) is 1.14. The molecule has 0 saturated heterocycles. The van der Waals surface area contributed by atoms with E-state index in [1.165, 1.54) is 6.26 Å². The van der Waals surface area contributed by atoms with Gasteiger partial charge in [0.25, 0.3) is 0 Å². The summed E-state index contributed by atoms with van der Waals surface area (Å²) in [6.07, 6.45) is 1.79. The zero-order valence-corrected chi connectivity index (χ0v) is 17.6. The van der Waals surface area contributed by atoms with Crippen LogP contribution in [0.2, 0.25) is 0 Å². The third kappa shape index (κ3) is 11.6. The molecular weight excluding hydrogens is 441 g/mol. The Balaban J connectivity index is 0.00000529. The summed E-state index contributed by atoms with van der Waals surface area (Å²) < 4.78 is 27.9. The van der Waals surface area contributed by atoms with Crippen LogP contribution >= 0.6 is 24.0 Å². The smallest absolute Gasteiger partial charge is 0.191 e. The Bertz CT molecular complexity index is 579. The summed E-state index contributed by atoms with van der Waals surface area (Å²) in [6.45, 7) is 3.71. The average Bonchev–Trinajstić information content (AvgIpc) is 2.52. The molecule has 1 aromatic carbocycles. The first-order valence-corrected chi connectivity index (χ1v) is 9.73. The number of hydrogen-bond donors (Lipinski definition) is 2. The van der Waals surface area contributed by atoms with E-state index in [0.29, 0.717) is 32.1 Å². The van der Waals surface area contributed by atoms with Gasteiger partial charge in [0.2, 0.25) is 0 Å². The monoisotopic (exact) mass is 469 g/mol. The Labute approximate surface area is 162 Å². The number of benzene rings is 1. The fourth-order valence-electron chi connectivity index (χ4n) is 1.90. The largest absolute Gasteiger partial charge is 0.375 e. The highest BCUT2D eigenvalue weighted by atomic mass is 127. The van der Waals surface area contributed by atoms with E-state index in [1.807, 2.05) is 37.3 Å². The van der Waals surface area contributed by atoms with E-state index >= 15 is 0 Å². The quantitative estimate of drug-likeness (QED) is 0.250. The summed E-state index contributed by atoms with van der Waals surface area (Å²) in [6, 6.07) is 10.0. The molecule has 0 aromatic heterocycles. The van der Waals surface area contributed by atoms with Crippen LogP contribution in [0.25, 0.3) is 0 Å². The van der Waals surface area contributed by atoms with Crippen LogP contribution in [0.3, 0.4) is 0 Å². The van der Waals surface area contributed by atoms with Crippen molar-refractivity contribution in [3.05, 3.63) is 35.9 Å². The lowest BCUT2D eigenvalue weighted by atomic mass is 10.2. The van der Waals surface area contributed by atoms with Gasteiger partial charge >= 0.3 is 0 Å². The molecule has 0 radical (unpaired) electrons. The topological polar surface area (TPSA) is 79.8 Å². The third-order valence-electron chi connectivity index (χ3n) is 3.18. The molecule has 0 saturated carbocycles. The molecule has 0 fully saturated rings. The lowest BCUT2D eigenvalue weighted by Crippen LogP contribution is -2.43. The third-order valence-corrected chi connectivity index (χ3v) is 4.16. The molecule has 0 aliphatic rings. The molecular formula is C16H28IN3O3S. The van der Waals surface area contributed by atoms with Gasteiger partial charge in [-0.05, 0) is 18.9 Å². The highest BCUT2D eigenvalue weighted by molar-refractivity contribution is 14.0. The minimum Gasteiger partial charge on any atom is -0.375 e. The Morgan fingerprint density at radius 1 is 1.29 bits per heavy atom. The Morgan fingerprint density at radius 2 is 1.96 bits per heavy atom. The highest BCUT2D eigenvalue weighted by Crippen LogP contribution is 1.99. The average molecular weight is 469 g/mol. The number of aliphatic imine (C=N–C) groups is 1. The van der Waals surface area contributed by atoms with E-state index in [2.05, 4.69) is 15.6 Å². The maximum absolute atomic E-state index is 11.2. The van der Waals surface area contributed by atoms with Crippen molar-refractivity contribution >= 4 is 39.8 Å². The first kappa shape index (κ1) is 23.1. The number of hydrogen-bond acceptors (Lipinski definition) is 4. The van der Waals surface area contributed by atoms with E-state index in [1.54, 1.807) is 7.05 Å². The molecule has 0 bridgehead atoms. The molecule has 6 nitrogen and oxygen atoms in total. The number of nitrogens with zero attached hydrogens (tertiary/aromatic N) is 1. The maximum atomic E-state index is 11.2. The van der Waals surface area contributed by atoms with E-state index in [0.717, 1.165) is 5.56 Å². The van der Waals surface area contributed by atoms with Crippen LogP contribution in [0.5, 0.6) is 0 Å². The van der Waals surface area contributed by atoms with Gasteiger partial charge in [0, 0.05) is 25.9 Å². The summed E-state index contributed by atoms with van der Waals surface area (Å²) in [7, 11) is -1.25. The van der Waals surface area contributed by atoms with Crippen LogP contribution < -0.4 is 10.6 Å². The van der Waals surface area contributed by atoms with E-state index in [4.69, 9.17) is 4.74 Å². The van der Waals surface area contributed by atoms with Crippen molar-refractivity contribution in [3.8, 4) is 0 Å². The number of ether oxygens (including phenoxy) is 1. The molecule has 0 amide bonds. The standard InChI is InChI=1S/C16H27N3O3S.HI/c1-14(9-12-23(3,20)21)19-16(17-2)18-10-11-22-13-15-7-5-4-6-8-15;/h4-8,14H,9-13H2,1-3H3,(H2,17,18,19);1H. The first-order valence-electron chi connectivity index (χ1n) is 7.67. The Morgan fingerprint density at radius 3 is 2.54 bits per heavy atom. The van der Waals surface area contributed by atoms with E-state index < -0.39 is 9.84 Å². The van der Waals surface area contributed by atoms with Crippen molar-refractivity contribution < 1.29 is 13.2 Å². The molecule has 0 spiro atoms. The fourth-order valence-corrected chi connectivity index (χ4v) is 2.68. The molecule has 1 atom stereocenters. The number of guanidine groups is 1. The van der Waals surface area contributed by atoms with Crippen LogP contribution in [0.4, 0.5) is 0 Å². The van der Waals surface area contributed by atoms with Gasteiger partial charge in [-0.25, -0.2) is 8.42 Å². The minimum atomic E-state index is -2.93. The van der Waals surface area contributed by atoms with Crippen LogP contribution in [0, 0.1) is 0 Å². The SMILES string of the molecule is CN=C(NCCOCc1ccccc1)NC(C)CCS(C)(=O)=O.I. The molecule has 24 heavy (non-hydrogen) atoms. The molecule has 1 rings (SSSR count). The van der Waals surface area contributed by atoms with Gasteiger partial charge in [0.05, 0.1) is 19.0 Å². The van der Waals surface area contributed by atoms with Gasteiger partial charge in [0.15, 0.2) is 5.96 Å². The number of sulfone groups is 1. The van der Waals surface area contributed by atoms with Crippen molar-refractivity contribution in [1.82, 2.24) is 10.6 Å². The Hall–Kier alpha value is -0.870. The van der Waals surface area contributed by atoms with Crippen molar-refractivity contribution in [3.63, 3.8) is 0 Å². The lowest BCUT2D eigenvalue weighted by molar-refractivity contribution is 0.125. The zero-order valence-electron chi connectivity index (χ0n) is 14.5. The molecule has 2 N–H and O–H groups in total. The van der Waals surface area contributed by atoms with Crippen molar-refractivity contribution in [1.29, 1.82) is 0 Å². The van der Waals surface area contributed by atoms with Gasteiger partial charge in [-0.15, -0.1) is 24.0 Å². The number of rotatable bonds is 9. The highest BCUT2D eigenvalue weighted by Gasteiger charge is 2.09. The van der Waals surface area contributed by atoms with Crippen molar-refractivity contribution in [2.75, 3.05) is 32.2 Å². The summed E-state index contributed by atoms with van der Waals surface area (Å²) in [4.78, 5) is 4.12. The lowest BCUT2D eigenvalue weighted by Gasteiger charge is -2.17. The summed E-state index contributed by atoms with van der Waals surface area (Å²) >= 11 is 0. The van der Waals surface area contributed by atoms with Crippen LogP contribution in [-0.2, 0) is 21.2 Å². The molecule has 0 aliphatic carbocycles. The van der Waals surface area contributed by atoms with Gasteiger partial charge in [0.1, 0.15) is 9.84 Å². The second-order valence-corrected chi connectivity index (χ2v) is 7.76. The van der Waals surface area contributed by atoms with E-state index in [-0.39, 0.29) is 35.8 Å². The van der Waals surface area contributed by atoms with Gasteiger partial charge in [-0.1, -0.05) is 30.3 Å². The van der Waals surface area contributed by atoms with E-state index in [9.17, 15) is 8.42 Å². The second-order valence-electron chi connectivity index (χ2n) is 5.50. The molecule has 1 unspecified atom stereocenters. The van der Waals surface area contributed by atoms with Crippen molar-refractivity contribution in [2.45, 2.75) is 26.0 Å². The van der Waals surface area contributed by atoms with Crippen LogP contribution in [0.15, 0.2) is 35.3 Å². The first-order chi connectivity index (χ1) is 10.9. The molecule has 0 aliphatic heterocycles. The molecule has 138 valence electrons. The zero-order chi connectivity index (χ0) is 17.1. The second kappa shape index (κ2) is 12.5. The Kier molecular flexibility index (Phi) is 12.0. The molecule has 0 heterocycles. The van der Waals surface area contributed by atoms with Gasteiger partial charge < -0.3 is 15.4 Å². The predicted molar refractivity (Wildman–Crippen MR) is 110 cm³/mol. The summed E-state index contributed by atoms with van der Waals surface area (Å²) in [5.74, 6) is 0.813. The number of halogens is 1. The minimum absolute atomic E-state index is 0. The fraction of sp³-hybridized carbons (Fsp3) is 0.562. The normalized spacial score (nSPS) is 13.0. The van der Waals surface area contributed by atoms with Crippen LogP contribution in [-0.4, -0.2) is 52.6 Å². The van der Waals surface area contributed by atoms with Crippen LogP contribution in [0.1, 0.15) is 18.9 Å². The van der Waals surface area contributed by atoms with Crippen molar-refractivity contribution in [2.24, 2.45) is 4.99 Å². The molecule has 1 aromatic rings. The number of nitrogens with one attached hydrogen (secondary N) is 2. The maximum Gasteiger partial charge on any atom is 0.191 e. The predicted octanol–water partition coefficient (Wildman–Crippen LogP) is 1.81. The molecule has 8 heteroatoms. The summed E-state index contributed by atoms with van der Waals surface area (Å²) in [5, 5.41) is 6.31.